The van der Waals surface area contributed by atoms with Crippen molar-refractivity contribution in [2.45, 2.75) is 182 Å². The number of rotatable bonds is 19. The van der Waals surface area contributed by atoms with E-state index in [4.69, 9.17) is 4.74 Å². The number of fused-ring (bicyclic) bond motifs is 5. The maximum Gasteiger partial charge on any atom is 0.306 e. The Labute approximate surface area is 291 Å². The molecule has 8 atom stereocenters. The summed E-state index contributed by atoms with van der Waals surface area (Å²) in [4.78, 5) is 12.8. The quantitative estimate of drug-likeness (QED) is 0.0793. The van der Waals surface area contributed by atoms with Gasteiger partial charge < -0.3 is 4.74 Å². The molecule has 2 heteroatoms. The Kier molecular flexibility index (Phi) is 15.4. The topological polar surface area (TPSA) is 26.3 Å². The van der Waals surface area contributed by atoms with Crippen molar-refractivity contribution >= 4 is 5.97 Å². The van der Waals surface area contributed by atoms with Gasteiger partial charge in [-0.15, -0.1) is 0 Å². The van der Waals surface area contributed by atoms with Gasteiger partial charge in [0.2, 0.25) is 0 Å². The van der Waals surface area contributed by atoms with Crippen LogP contribution in [0.4, 0.5) is 0 Å². The highest BCUT2D eigenvalue weighted by molar-refractivity contribution is 5.69. The van der Waals surface area contributed by atoms with Crippen molar-refractivity contribution in [2.24, 2.45) is 46.3 Å². The van der Waals surface area contributed by atoms with Crippen LogP contribution in [0.15, 0.2) is 48.1 Å². The van der Waals surface area contributed by atoms with Gasteiger partial charge in [-0.2, -0.15) is 0 Å². The summed E-state index contributed by atoms with van der Waals surface area (Å²) < 4.78 is 6.10. The monoisotopic (exact) mass is 647 g/mol. The van der Waals surface area contributed by atoms with Crippen molar-refractivity contribution < 1.29 is 9.53 Å². The minimum absolute atomic E-state index is 0.0236. The maximum atomic E-state index is 12.8. The van der Waals surface area contributed by atoms with Crippen molar-refractivity contribution in [3.05, 3.63) is 48.1 Å². The summed E-state index contributed by atoms with van der Waals surface area (Å²) in [5, 5.41) is 0. The molecule has 0 heterocycles. The van der Waals surface area contributed by atoms with Crippen LogP contribution in [0.5, 0.6) is 0 Å². The maximum absolute atomic E-state index is 12.8. The van der Waals surface area contributed by atoms with E-state index < -0.39 is 0 Å². The van der Waals surface area contributed by atoms with Gasteiger partial charge in [0, 0.05) is 12.8 Å². The molecular weight excluding hydrogens is 572 g/mol. The molecule has 0 N–H and O–H groups in total. The molecular formula is C45H74O2. The van der Waals surface area contributed by atoms with Crippen molar-refractivity contribution in [3.63, 3.8) is 0 Å². The van der Waals surface area contributed by atoms with Gasteiger partial charge in [0.05, 0.1) is 0 Å². The van der Waals surface area contributed by atoms with Gasteiger partial charge in [-0.1, -0.05) is 122 Å². The van der Waals surface area contributed by atoms with Crippen LogP contribution in [0.2, 0.25) is 0 Å². The second kappa shape index (κ2) is 19.0. The molecule has 47 heavy (non-hydrogen) atoms. The number of unbranched alkanes of at least 4 members (excludes halogenated alkanes) is 5. The zero-order valence-corrected chi connectivity index (χ0v) is 31.7. The first kappa shape index (κ1) is 38.2. The molecule has 0 radical (unpaired) electrons. The fraction of sp³-hybridized carbons (Fsp3) is 0.800. The molecule has 0 unspecified atom stereocenters. The molecule has 0 spiro atoms. The van der Waals surface area contributed by atoms with Gasteiger partial charge >= 0.3 is 5.97 Å². The summed E-state index contributed by atoms with van der Waals surface area (Å²) in [5.74, 6) is 5.25. The van der Waals surface area contributed by atoms with Gasteiger partial charge in [-0.3, -0.25) is 4.79 Å². The number of allylic oxidation sites excluding steroid dienone is 7. The second-order valence-corrected chi connectivity index (χ2v) is 17.3. The molecule has 4 aliphatic rings. The molecule has 0 aromatic rings. The molecule has 0 bridgehead atoms. The van der Waals surface area contributed by atoms with Crippen LogP contribution in [0.3, 0.4) is 0 Å². The van der Waals surface area contributed by atoms with E-state index in [1.165, 1.54) is 83.5 Å². The molecule has 2 nitrogen and oxygen atoms in total. The van der Waals surface area contributed by atoms with Crippen molar-refractivity contribution in [3.8, 4) is 0 Å². The zero-order chi connectivity index (χ0) is 33.7. The highest BCUT2D eigenvalue weighted by Crippen LogP contribution is 2.67. The van der Waals surface area contributed by atoms with Gasteiger partial charge in [0.25, 0.3) is 0 Å². The fourth-order valence-electron chi connectivity index (χ4n) is 10.8. The molecule has 4 rings (SSSR count). The average Bonchev–Trinajstić information content (AvgIpc) is 3.40. The molecule has 266 valence electrons. The van der Waals surface area contributed by atoms with E-state index in [1.807, 2.05) is 0 Å². The molecule has 3 fully saturated rings. The Bertz CT molecular complexity index is 1060. The summed E-state index contributed by atoms with van der Waals surface area (Å²) in [5.41, 5.74) is 2.50. The first-order valence-corrected chi connectivity index (χ1v) is 20.5. The lowest BCUT2D eigenvalue weighted by Gasteiger charge is -2.58. The molecule has 0 aromatic heterocycles. The zero-order valence-electron chi connectivity index (χ0n) is 31.7. The van der Waals surface area contributed by atoms with Crippen LogP contribution in [0.25, 0.3) is 0 Å². The van der Waals surface area contributed by atoms with Crippen LogP contribution in [0.1, 0.15) is 176 Å². The lowest BCUT2D eigenvalue weighted by Crippen LogP contribution is -2.51. The molecule has 0 saturated heterocycles. The first-order chi connectivity index (χ1) is 22.7. The number of hydrogen-bond acceptors (Lipinski definition) is 2. The normalized spacial score (nSPS) is 32.9. The number of hydrogen-bond donors (Lipinski definition) is 0. The minimum Gasteiger partial charge on any atom is -0.462 e. The van der Waals surface area contributed by atoms with Crippen LogP contribution in [-0.2, 0) is 9.53 Å². The third-order valence-electron chi connectivity index (χ3n) is 13.6. The van der Waals surface area contributed by atoms with Crippen LogP contribution in [0, 0.1) is 46.3 Å². The lowest BCUT2D eigenvalue weighted by atomic mass is 9.47. The Hall–Kier alpha value is -1.57. The summed E-state index contributed by atoms with van der Waals surface area (Å²) in [6.45, 7) is 14.9. The Morgan fingerprint density at radius 3 is 2.23 bits per heavy atom. The van der Waals surface area contributed by atoms with Crippen molar-refractivity contribution in [1.82, 2.24) is 0 Å². The lowest BCUT2D eigenvalue weighted by molar-refractivity contribution is -0.151. The Morgan fingerprint density at radius 2 is 1.53 bits per heavy atom. The van der Waals surface area contributed by atoms with Gasteiger partial charge in [-0.05, 0) is 136 Å². The van der Waals surface area contributed by atoms with E-state index >= 15 is 0 Å². The Morgan fingerprint density at radius 1 is 0.830 bits per heavy atom. The summed E-state index contributed by atoms with van der Waals surface area (Å²) in [6, 6.07) is 0. The average molecular weight is 647 g/mol. The number of esters is 1. The highest BCUT2D eigenvalue weighted by Gasteiger charge is 2.59. The van der Waals surface area contributed by atoms with Crippen molar-refractivity contribution in [2.75, 3.05) is 0 Å². The van der Waals surface area contributed by atoms with E-state index in [-0.39, 0.29) is 12.1 Å². The van der Waals surface area contributed by atoms with Gasteiger partial charge in [0.15, 0.2) is 0 Å². The van der Waals surface area contributed by atoms with Crippen LogP contribution in [-0.4, -0.2) is 12.1 Å². The van der Waals surface area contributed by atoms with Crippen LogP contribution >= 0.6 is 0 Å². The first-order valence-electron chi connectivity index (χ1n) is 20.5. The molecule has 0 aliphatic heterocycles. The summed E-state index contributed by atoms with van der Waals surface area (Å²) >= 11 is 0. The SMILES string of the molecule is CCCCC/C=C/C/C=C/C/C=C/CCCCC(=O)O[C@H]1CC[C@@]2(C)C(=CC[C@H]3[C@@H]4CC[C@H]([C@H](C)CCCC(C)C)[C@@]4(C)CC[C@@H]32)C1. The van der Waals surface area contributed by atoms with E-state index in [0.29, 0.717) is 17.3 Å². The predicted molar refractivity (Wildman–Crippen MR) is 202 cm³/mol. The molecule has 3 saturated carbocycles. The summed E-state index contributed by atoms with van der Waals surface area (Å²) in [6.07, 6.45) is 41.7. The van der Waals surface area contributed by atoms with E-state index in [0.717, 1.165) is 80.5 Å². The Balaban J connectivity index is 1.15. The number of carbonyl (C=O) groups is 1. The third kappa shape index (κ3) is 10.5. The molecule has 0 aromatic carbocycles. The van der Waals surface area contributed by atoms with Gasteiger partial charge in [-0.25, -0.2) is 0 Å². The third-order valence-corrected chi connectivity index (χ3v) is 13.6. The van der Waals surface area contributed by atoms with E-state index in [1.54, 1.807) is 5.57 Å². The standard InChI is InChI=1S/C45H74O2/c1-7-8-9-10-11-12-13-14-15-16-17-18-19-20-21-25-43(46)47-38-30-32-44(5)37(34-38)26-27-39-41-29-28-40(36(4)24-22-23-35(2)3)45(41,6)33-31-42(39)44/h11-12,14-15,17-18,26,35-36,38-42H,7-10,13,16,19-25,27-34H2,1-6H3/b12-11+,15-14+,18-17+/t36-,38+,39+,40-,41+,42+,44+,45-/m1/s1. The minimum atomic E-state index is 0.0236. The second-order valence-electron chi connectivity index (χ2n) is 17.3. The van der Waals surface area contributed by atoms with E-state index in [9.17, 15) is 4.79 Å². The van der Waals surface area contributed by atoms with E-state index in [2.05, 4.69) is 84.1 Å². The fourth-order valence-corrected chi connectivity index (χ4v) is 10.8. The highest BCUT2D eigenvalue weighted by atomic mass is 16.5. The largest absolute Gasteiger partial charge is 0.462 e. The predicted octanol–water partition coefficient (Wildman–Crippen LogP) is 13.5. The number of carbonyl (C=O) groups excluding carboxylic acids is 1. The smallest absolute Gasteiger partial charge is 0.306 e. The molecule has 4 aliphatic carbocycles. The van der Waals surface area contributed by atoms with Crippen molar-refractivity contribution in [1.29, 1.82) is 0 Å². The van der Waals surface area contributed by atoms with Crippen LogP contribution < -0.4 is 0 Å². The summed E-state index contributed by atoms with van der Waals surface area (Å²) in [7, 11) is 0. The number of ether oxygens (including phenoxy) is 1. The molecule has 0 amide bonds. The van der Waals surface area contributed by atoms with Gasteiger partial charge in [0.1, 0.15) is 6.10 Å².